The first-order valence-corrected chi connectivity index (χ1v) is 4.05. The summed E-state index contributed by atoms with van der Waals surface area (Å²) in [5, 5.41) is 4.15. The van der Waals surface area contributed by atoms with Gasteiger partial charge in [0.25, 0.3) is 0 Å². The molecule has 0 aliphatic rings. The van der Waals surface area contributed by atoms with E-state index in [1.54, 1.807) is 12.3 Å². The summed E-state index contributed by atoms with van der Waals surface area (Å²) in [6.45, 7) is 1.67. The molecule has 3 nitrogen and oxygen atoms in total. The summed E-state index contributed by atoms with van der Waals surface area (Å²) in [6.07, 6.45) is 0. The van der Waals surface area contributed by atoms with Gasteiger partial charge < -0.3 is 4.42 Å². The lowest BCUT2D eigenvalue weighted by Crippen LogP contribution is -2.00. The van der Waals surface area contributed by atoms with Gasteiger partial charge in [-0.25, -0.2) is 9.78 Å². The van der Waals surface area contributed by atoms with Crippen LogP contribution in [-0.4, -0.2) is 4.98 Å². The first kappa shape index (κ1) is 6.54. The molecule has 2 heterocycles. The summed E-state index contributed by atoms with van der Waals surface area (Å²) in [7, 11) is 0. The smallest absolute Gasteiger partial charge is 0.347 e. The van der Waals surface area contributed by atoms with Crippen molar-refractivity contribution in [3.63, 3.8) is 0 Å². The summed E-state index contributed by atoms with van der Waals surface area (Å²) >= 11 is 1.45. The quantitative estimate of drug-likeness (QED) is 0.598. The number of aryl methyl sites for hydroxylation is 1. The number of aromatic nitrogens is 1. The van der Waals surface area contributed by atoms with Gasteiger partial charge in [0.2, 0.25) is 0 Å². The van der Waals surface area contributed by atoms with Crippen LogP contribution in [0.15, 0.2) is 20.0 Å². The maximum Gasteiger partial charge on any atom is 0.347 e. The Balaban J connectivity index is 3.02. The molecule has 0 unspecified atom stereocenters. The standard InChI is InChI=1S/C7H5NO2S/c1-4-8-6-3-11-2-5(6)7(9)10-4/h2-3H,1H3. The van der Waals surface area contributed by atoms with Gasteiger partial charge in [0.1, 0.15) is 0 Å². The number of fused-ring (bicyclic) bond motifs is 1. The van der Waals surface area contributed by atoms with Crippen LogP contribution in [0.3, 0.4) is 0 Å². The van der Waals surface area contributed by atoms with Gasteiger partial charge >= 0.3 is 5.63 Å². The van der Waals surface area contributed by atoms with Crippen molar-refractivity contribution in [1.29, 1.82) is 0 Å². The molecule has 0 bridgehead atoms. The predicted molar refractivity (Wildman–Crippen MR) is 42.9 cm³/mol. The van der Waals surface area contributed by atoms with Crippen LogP contribution >= 0.6 is 11.3 Å². The summed E-state index contributed by atoms with van der Waals surface area (Å²) in [6, 6.07) is 0. The van der Waals surface area contributed by atoms with Gasteiger partial charge in [-0.15, -0.1) is 11.3 Å². The number of nitrogens with zero attached hydrogens (tertiary/aromatic N) is 1. The van der Waals surface area contributed by atoms with E-state index in [0.29, 0.717) is 11.3 Å². The molecule has 0 aromatic carbocycles. The molecule has 0 spiro atoms. The molecule has 4 heteroatoms. The molecule has 0 saturated heterocycles. The molecule has 0 amide bonds. The maximum atomic E-state index is 11.1. The number of hydrogen-bond acceptors (Lipinski definition) is 4. The highest BCUT2D eigenvalue weighted by Gasteiger charge is 2.02. The Bertz CT molecular complexity index is 443. The van der Waals surface area contributed by atoms with E-state index in [9.17, 15) is 4.79 Å². The van der Waals surface area contributed by atoms with Crippen molar-refractivity contribution in [2.45, 2.75) is 6.92 Å². The third kappa shape index (κ3) is 0.952. The van der Waals surface area contributed by atoms with Crippen molar-refractivity contribution in [2.24, 2.45) is 0 Å². The molecular weight excluding hydrogens is 162 g/mol. The van der Waals surface area contributed by atoms with Crippen LogP contribution in [0.5, 0.6) is 0 Å². The van der Waals surface area contributed by atoms with Crippen LogP contribution in [-0.2, 0) is 0 Å². The Morgan fingerprint density at radius 3 is 3.18 bits per heavy atom. The lowest BCUT2D eigenvalue weighted by Gasteiger charge is -1.88. The van der Waals surface area contributed by atoms with E-state index < -0.39 is 0 Å². The zero-order chi connectivity index (χ0) is 7.84. The van der Waals surface area contributed by atoms with Crippen molar-refractivity contribution in [3.05, 3.63) is 27.1 Å². The molecule has 0 radical (unpaired) electrons. The van der Waals surface area contributed by atoms with Crippen molar-refractivity contribution in [2.75, 3.05) is 0 Å². The SMILES string of the molecule is Cc1nc2cscc2c(=O)o1. The Hall–Kier alpha value is -1.16. The second kappa shape index (κ2) is 2.17. The van der Waals surface area contributed by atoms with Gasteiger partial charge in [-0.3, -0.25) is 0 Å². The summed E-state index contributed by atoms with van der Waals surface area (Å²) in [5.74, 6) is 0.418. The van der Waals surface area contributed by atoms with E-state index in [4.69, 9.17) is 4.42 Å². The molecule has 0 N–H and O–H groups in total. The fourth-order valence-electron chi connectivity index (χ4n) is 0.911. The zero-order valence-corrected chi connectivity index (χ0v) is 6.64. The topological polar surface area (TPSA) is 43.1 Å². The summed E-state index contributed by atoms with van der Waals surface area (Å²) < 4.78 is 4.79. The Morgan fingerprint density at radius 2 is 2.36 bits per heavy atom. The molecule has 0 atom stereocenters. The lowest BCUT2D eigenvalue weighted by atomic mass is 10.4. The second-order valence-electron chi connectivity index (χ2n) is 2.19. The van der Waals surface area contributed by atoms with Gasteiger partial charge in [0.05, 0.1) is 10.9 Å². The van der Waals surface area contributed by atoms with Crippen LogP contribution in [0.1, 0.15) is 5.89 Å². The molecular formula is C7H5NO2S. The van der Waals surface area contributed by atoms with Crippen molar-refractivity contribution < 1.29 is 4.42 Å². The minimum Gasteiger partial charge on any atom is -0.408 e. The van der Waals surface area contributed by atoms with E-state index >= 15 is 0 Å². The van der Waals surface area contributed by atoms with Gasteiger partial charge in [0.15, 0.2) is 5.89 Å². The molecule has 0 aliphatic carbocycles. The first-order valence-electron chi connectivity index (χ1n) is 3.11. The predicted octanol–water partition coefficient (Wildman–Crippen LogP) is 1.56. The fourth-order valence-corrected chi connectivity index (χ4v) is 1.64. The van der Waals surface area contributed by atoms with Crippen LogP contribution < -0.4 is 5.63 Å². The lowest BCUT2D eigenvalue weighted by molar-refractivity contribution is 0.467. The molecule has 2 rings (SSSR count). The minimum atomic E-state index is -0.297. The van der Waals surface area contributed by atoms with Gasteiger partial charge in [0, 0.05) is 17.7 Å². The van der Waals surface area contributed by atoms with Gasteiger partial charge in [-0.1, -0.05) is 0 Å². The Kier molecular flexibility index (Phi) is 1.29. The third-order valence-electron chi connectivity index (χ3n) is 1.38. The van der Waals surface area contributed by atoms with Crippen LogP contribution in [0.4, 0.5) is 0 Å². The van der Waals surface area contributed by atoms with Crippen molar-refractivity contribution >= 4 is 22.2 Å². The fraction of sp³-hybridized carbons (Fsp3) is 0.143. The van der Waals surface area contributed by atoms with E-state index in [-0.39, 0.29) is 5.63 Å². The second-order valence-corrected chi connectivity index (χ2v) is 2.93. The number of rotatable bonds is 0. The molecule has 2 aromatic heterocycles. The molecule has 0 aliphatic heterocycles. The number of hydrogen-bond donors (Lipinski definition) is 0. The molecule has 0 saturated carbocycles. The highest BCUT2D eigenvalue weighted by atomic mass is 32.1. The Labute approximate surface area is 66.3 Å². The molecule has 2 aromatic rings. The molecule has 56 valence electrons. The third-order valence-corrected chi connectivity index (χ3v) is 2.11. The van der Waals surface area contributed by atoms with E-state index in [2.05, 4.69) is 4.98 Å². The first-order chi connectivity index (χ1) is 5.27. The van der Waals surface area contributed by atoms with E-state index in [1.807, 2.05) is 5.38 Å². The zero-order valence-electron chi connectivity index (χ0n) is 5.83. The van der Waals surface area contributed by atoms with E-state index in [1.165, 1.54) is 11.3 Å². The molecule has 11 heavy (non-hydrogen) atoms. The highest BCUT2D eigenvalue weighted by Crippen LogP contribution is 2.12. The summed E-state index contributed by atoms with van der Waals surface area (Å²) in [4.78, 5) is 15.1. The van der Waals surface area contributed by atoms with Gasteiger partial charge in [-0.05, 0) is 0 Å². The number of thiophene rings is 1. The van der Waals surface area contributed by atoms with Crippen LogP contribution in [0.2, 0.25) is 0 Å². The minimum absolute atomic E-state index is 0.297. The van der Waals surface area contributed by atoms with E-state index in [0.717, 1.165) is 5.52 Å². The monoisotopic (exact) mass is 167 g/mol. The van der Waals surface area contributed by atoms with Crippen LogP contribution in [0.25, 0.3) is 10.9 Å². The largest absolute Gasteiger partial charge is 0.408 e. The van der Waals surface area contributed by atoms with Crippen molar-refractivity contribution in [3.8, 4) is 0 Å². The van der Waals surface area contributed by atoms with Crippen LogP contribution in [0, 0.1) is 6.92 Å². The van der Waals surface area contributed by atoms with Gasteiger partial charge in [-0.2, -0.15) is 0 Å². The average Bonchev–Trinajstić information content (AvgIpc) is 2.34. The normalized spacial score (nSPS) is 10.6. The van der Waals surface area contributed by atoms with Crippen molar-refractivity contribution in [1.82, 2.24) is 4.98 Å². The maximum absolute atomic E-state index is 11.1. The highest BCUT2D eigenvalue weighted by molar-refractivity contribution is 7.09. The molecule has 0 fully saturated rings. The average molecular weight is 167 g/mol. The summed E-state index contributed by atoms with van der Waals surface area (Å²) in [5.41, 5.74) is 0.428. The Morgan fingerprint density at radius 1 is 1.55 bits per heavy atom.